The molecule has 1 aromatic rings. The van der Waals surface area contributed by atoms with Crippen LogP contribution in [0, 0.1) is 0 Å². The van der Waals surface area contributed by atoms with Crippen molar-refractivity contribution in [2.24, 2.45) is 4.99 Å². The standard InChI is InChI=1S/C14H20BrN3O.HI/c1-4-9-17-14(16-3)18-10-11(2)19-13-8-6-5-7-12(13)15;/h4-8,11H,1,9-10H2,2-3H3,(H2,16,17,18);1H. The summed E-state index contributed by atoms with van der Waals surface area (Å²) in [5.74, 6) is 1.58. The van der Waals surface area contributed by atoms with Crippen LogP contribution < -0.4 is 15.4 Å². The molecule has 6 heteroatoms. The molecule has 112 valence electrons. The molecule has 0 spiro atoms. The second kappa shape index (κ2) is 11.0. The molecule has 0 saturated carbocycles. The maximum Gasteiger partial charge on any atom is 0.191 e. The number of ether oxygens (including phenoxy) is 1. The summed E-state index contributed by atoms with van der Waals surface area (Å²) in [5.41, 5.74) is 0. The molecular weight excluding hydrogens is 433 g/mol. The number of guanidine groups is 1. The number of nitrogens with zero attached hydrogens (tertiary/aromatic N) is 1. The number of rotatable bonds is 6. The Morgan fingerprint density at radius 1 is 1.45 bits per heavy atom. The lowest BCUT2D eigenvalue weighted by Gasteiger charge is -2.18. The number of nitrogens with one attached hydrogen (secondary N) is 2. The van der Waals surface area contributed by atoms with Crippen molar-refractivity contribution in [1.29, 1.82) is 0 Å². The first-order valence-corrected chi connectivity index (χ1v) is 6.93. The summed E-state index contributed by atoms with van der Waals surface area (Å²) in [7, 11) is 1.73. The average molecular weight is 454 g/mol. The Bertz CT molecular complexity index is 440. The third kappa shape index (κ3) is 7.14. The maximum atomic E-state index is 5.83. The van der Waals surface area contributed by atoms with Crippen LogP contribution in [0.5, 0.6) is 5.75 Å². The quantitative estimate of drug-likeness (QED) is 0.301. The van der Waals surface area contributed by atoms with Gasteiger partial charge in [0.1, 0.15) is 11.9 Å². The largest absolute Gasteiger partial charge is 0.488 e. The van der Waals surface area contributed by atoms with Crippen LogP contribution in [-0.2, 0) is 0 Å². The number of halogens is 2. The highest BCUT2D eigenvalue weighted by Crippen LogP contribution is 2.24. The van der Waals surface area contributed by atoms with E-state index in [1.165, 1.54) is 0 Å². The van der Waals surface area contributed by atoms with E-state index in [0.29, 0.717) is 13.1 Å². The molecule has 0 radical (unpaired) electrons. The zero-order valence-electron chi connectivity index (χ0n) is 11.7. The fraction of sp³-hybridized carbons (Fsp3) is 0.357. The normalized spacial score (nSPS) is 12.1. The minimum atomic E-state index is 0. The molecule has 1 aromatic carbocycles. The summed E-state index contributed by atoms with van der Waals surface area (Å²) < 4.78 is 6.79. The lowest BCUT2D eigenvalue weighted by molar-refractivity contribution is 0.222. The van der Waals surface area contributed by atoms with Crippen LogP contribution in [0.1, 0.15) is 6.92 Å². The minimum Gasteiger partial charge on any atom is -0.488 e. The van der Waals surface area contributed by atoms with Crippen molar-refractivity contribution in [3.63, 3.8) is 0 Å². The van der Waals surface area contributed by atoms with Crippen molar-refractivity contribution in [3.05, 3.63) is 41.4 Å². The lowest BCUT2D eigenvalue weighted by Crippen LogP contribution is -2.41. The van der Waals surface area contributed by atoms with Crippen molar-refractivity contribution in [2.45, 2.75) is 13.0 Å². The SMILES string of the molecule is C=CCNC(=NC)NCC(C)Oc1ccccc1Br.I. The third-order valence-corrected chi connectivity index (χ3v) is 3.01. The zero-order valence-corrected chi connectivity index (χ0v) is 15.6. The molecule has 0 amide bonds. The summed E-state index contributed by atoms with van der Waals surface area (Å²) in [6.45, 7) is 7.00. The molecule has 4 nitrogen and oxygen atoms in total. The summed E-state index contributed by atoms with van der Waals surface area (Å²) in [6.07, 6.45) is 1.81. The monoisotopic (exact) mass is 453 g/mol. The molecule has 0 saturated heterocycles. The Labute approximate surface area is 146 Å². The van der Waals surface area contributed by atoms with Gasteiger partial charge in [0.15, 0.2) is 5.96 Å². The third-order valence-electron chi connectivity index (χ3n) is 2.36. The van der Waals surface area contributed by atoms with Gasteiger partial charge in [-0.1, -0.05) is 18.2 Å². The van der Waals surface area contributed by atoms with Gasteiger partial charge >= 0.3 is 0 Å². The molecule has 0 aliphatic heterocycles. The number of para-hydroxylation sites is 1. The van der Waals surface area contributed by atoms with Gasteiger partial charge < -0.3 is 15.4 Å². The minimum absolute atomic E-state index is 0. The Kier molecular flexibility index (Phi) is 10.5. The molecule has 0 aliphatic carbocycles. The van der Waals surface area contributed by atoms with Gasteiger partial charge in [0.2, 0.25) is 0 Å². The Hall–Kier alpha value is -0.760. The van der Waals surface area contributed by atoms with Gasteiger partial charge in [-0.3, -0.25) is 4.99 Å². The second-order valence-electron chi connectivity index (χ2n) is 3.98. The van der Waals surface area contributed by atoms with Crippen LogP contribution in [0.15, 0.2) is 46.4 Å². The smallest absolute Gasteiger partial charge is 0.191 e. The summed E-state index contributed by atoms with van der Waals surface area (Å²) in [6, 6.07) is 7.80. The Morgan fingerprint density at radius 2 is 2.15 bits per heavy atom. The van der Waals surface area contributed by atoms with Crippen molar-refractivity contribution in [3.8, 4) is 5.75 Å². The highest BCUT2D eigenvalue weighted by molar-refractivity contribution is 14.0. The topological polar surface area (TPSA) is 45.7 Å². The van der Waals surface area contributed by atoms with Crippen LogP contribution in [0.2, 0.25) is 0 Å². The van der Waals surface area contributed by atoms with Crippen molar-refractivity contribution >= 4 is 45.9 Å². The van der Waals surface area contributed by atoms with E-state index in [1.54, 1.807) is 13.1 Å². The van der Waals surface area contributed by atoms with E-state index >= 15 is 0 Å². The molecule has 2 N–H and O–H groups in total. The van der Waals surface area contributed by atoms with E-state index in [0.717, 1.165) is 16.2 Å². The highest BCUT2D eigenvalue weighted by Gasteiger charge is 2.07. The molecule has 0 heterocycles. The van der Waals surface area contributed by atoms with Crippen molar-refractivity contribution in [1.82, 2.24) is 10.6 Å². The fourth-order valence-corrected chi connectivity index (χ4v) is 1.81. The summed E-state index contributed by atoms with van der Waals surface area (Å²) in [5, 5.41) is 6.30. The van der Waals surface area contributed by atoms with E-state index in [9.17, 15) is 0 Å². The first-order chi connectivity index (χ1) is 9.17. The van der Waals surface area contributed by atoms with Gasteiger partial charge in [-0.05, 0) is 35.0 Å². The predicted octanol–water partition coefficient (Wildman–Crippen LogP) is 3.19. The predicted molar refractivity (Wildman–Crippen MR) is 99.2 cm³/mol. The molecule has 20 heavy (non-hydrogen) atoms. The number of hydrogen-bond acceptors (Lipinski definition) is 2. The van der Waals surface area contributed by atoms with E-state index in [4.69, 9.17) is 4.74 Å². The first kappa shape index (κ1) is 19.2. The number of aliphatic imine (C=N–C) groups is 1. The molecular formula is C14H21BrIN3O. The van der Waals surface area contributed by atoms with Crippen molar-refractivity contribution in [2.75, 3.05) is 20.1 Å². The summed E-state index contributed by atoms with van der Waals surface area (Å²) >= 11 is 3.46. The maximum absolute atomic E-state index is 5.83. The lowest BCUT2D eigenvalue weighted by atomic mass is 10.3. The number of hydrogen-bond donors (Lipinski definition) is 2. The molecule has 0 bridgehead atoms. The Morgan fingerprint density at radius 3 is 2.75 bits per heavy atom. The molecule has 0 aromatic heterocycles. The molecule has 1 rings (SSSR count). The van der Waals surface area contributed by atoms with Gasteiger partial charge in [0.25, 0.3) is 0 Å². The van der Waals surface area contributed by atoms with Gasteiger partial charge in [-0.2, -0.15) is 0 Å². The van der Waals surface area contributed by atoms with E-state index in [-0.39, 0.29) is 30.1 Å². The van der Waals surface area contributed by atoms with Gasteiger partial charge in [0.05, 0.1) is 11.0 Å². The van der Waals surface area contributed by atoms with Crippen LogP contribution in [0.4, 0.5) is 0 Å². The molecule has 0 fully saturated rings. The van der Waals surface area contributed by atoms with E-state index in [2.05, 4.69) is 38.1 Å². The molecule has 1 atom stereocenters. The highest BCUT2D eigenvalue weighted by atomic mass is 127. The van der Waals surface area contributed by atoms with Gasteiger partial charge in [-0.25, -0.2) is 0 Å². The molecule has 1 unspecified atom stereocenters. The summed E-state index contributed by atoms with van der Waals surface area (Å²) in [4.78, 5) is 4.10. The van der Waals surface area contributed by atoms with Crippen LogP contribution in [-0.4, -0.2) is 32.2 Å². The van der Waals surface area contributed by atoms with Crippen molar-refractivity contribution < 1.29 is 4.74 Å². The zero-order chi connectivity index (χ0) is 14.1. The Balaban J connectivity index is 0.00000361. The van der Waals surface area contributed by atoms with Gasteiger partial charge in [-0.15, -0.1) is 30.6 Å². The van der Waals surface area contributed by atoms with Gasteiger partial charge in [0, 0.05) is 13.6 Å². The van der Waals surface area contributed by atoms with E-state index < -0.39 is 0 Å². The number of benzene rings is 1. The average Bonchev–Trinajstić information content (AvgIpc) is 2.41. The van der Waals surface area contributed by atoms with E-state index in [1.807, 2.05) is 31.2 Å². The first-order valence-electron chi connectivity index (χ1n) is 6.14. The van der Waals surface area contributed by atoms with Crippen LogP contribution in [0.25, 0.3) is 0 Å². The van der Waals surface area contributed by atoms with Crippen LogP contribution in [0.3, 0.4) is 0 Å². The second-order valence-corrected chi connectivity index (χ2v) is 4.84. The molecule has 0 aliphatic rings. The van der Waals surface area contributed by atoms with Crippen LogP contribution >= 0.6 is 39.9 Å². The fourth-order valence-electron chi connectivity index (χ4n) is 1.43.